The molecule has 0 saturated heterocycles. The summed E-state index contributed by atoms with van der Waals surface area (Å²) >= 11 is 0. The Morgan fingerprint density at radius 1 is 0.439 bits per heavy atom. The van der Waals surface area contributed by atoms with Crippen molar-refractivity contribution < 1.29 is 0 Å². The van der Waals surface area contributed by atoms with Crippen LogP contribution in [0.5, 0.6) is 0 Å². The van der Waals surface area contributed by atoms with Gasteiger partial charge in [-0.1, -0.05) is 109 Å². The number of fused-ring (bicyclic) bond motifs is 10. The van der Waals surface area contributed by atoms with Crippen molar-refractivity contribution in [1.82, 2.24) is 24.1 Å². The van der Waals surface area contributed by atoms with Crippen molar-refractivity contribution in [3.05, 3.63) is 223 Å². The number of rotatable bonds is 5. The maximum Gasteiger partial charge on any atom is 0.0963 e. The molecule has 2 aliphatic rings. The molecule has 2 atom stereocenters. The number of hydrogen-bond acceptors (Lipinski definition) is 3. The van der Waals surface area contributed by atoms with Gasteiger partial charge in [-0.05, 0) is 95.1 Å². The molecule has 0 spiro atoms. The molecular weight excluding hydrogens is 695 g/mol. The van der Waals surface area contributed by atoms with E-state index in [2.05, 4.69) is 173 Å². The lowest BCUT2D eigenvalue weighted by molar-refractivity contribution is 0.436. The topological polar surface area (TPSA) is 48.5 Å². The van der Waals surface area contributed by atoms with Crippen LogP contribution in [0, 0.1) is 5.92 Å². The monoisotopic (exact) mass is 729 g/mol. The number of pyridine rings is 3. The van der Waals surface area contributed by atoms with Crippen LogP contribution < -0.4 is 0 Å². The van der Waals surface area contributed by atoms with Crippen molar-refractivity contribution in [2.75, 3.05) is 0 Å². The third-order valence-electron chi connectivity index (χ3n) is 12.4. The minimum Gasteiger partial charge on any atom is -0.309 e. The van der Waals surface area contributed by atoms with E-state index in [1.165, 1.54) is 44.1 Å². The van der Waals surface area contributed by atoms with Gasteiger partial charge in [0.15, 0.2) is 0 Å². The van der Waals surface area contributed by atoms with Gasteiger partial charge in [-0.25, -0.2) is 0 Å². The second kappa shape index (κ2) is 12.3. The van der Waals surface area contributed by atoms with Crippen LogP contribution in [-0.2, 0) is 5.41 Å². The lowest BCUT2D eigenvalue weighted by atomic mass is 9.66. The molecule has 0 radical (unpaired) electrons. The number of hydrogen-bond donors (Lipinski definition) is 0. The smallest absolute Gasteiger partial charge is 0.0963 e. The van der Waals surface area contributed by atoms with Crippen molar-refractivity contribution in [2.24, 2.45) is 5.92 Å². The first-order chi connectivity index (χ1) is 28.3. The molecule has 10 aromatic rings. The van der Waals surface area contributed by atoms with E-state index in [-0.39, 0.29) is 11.8 Å². The third-order valence-corrected chi connectivity index (χ3v) is 12.4. The Balaban J connectivity index is 1.02. The van der Waals surface area contributed by atoms with Gasteiger partial charge in [0.2, 0.25) is 0 Å². The predicted molar refractivity (Wildman–Crippen MR) is 231 cm³/mol. The molecule has 0 N–H and O–H groups in total. The van der Waals surface area contributed by atoms with Gasteiger partial charge in [0.05, 0.1) is 44.4 Å². The van der Waals surface area contributed by atoms with Crippen molar-refractivity contribution >= 4 is 43.7 Å². The highest BCUT2D eigenvalue weighted by molar-refractivity contribution is 6.11. The zero-order valence-corrected chi connectivity index (χ0v) is 30.9. The predicted octanol–water partition coefficient (Wildman–Crippen LogP) is 11.9. The summed E-state index contributed by atoms with van der Waals surface area (Å²) in [6, 6.07) is 56.7. The van der Waals surface area contributed by atoms with E-state index >= 15 is 0 Å². The Morgan fingerprint density at radius 3 is 1.70 bits per heavy atom. The number of aromatic nitrogens is 5. The second-order valence-corrected chi connectivity index (χ2v) is 15.2. The summed E-state index contributed by atoms with van der Waals surface area (Å²) in [5, 5.41) is 3.66. The number of allylic oxidation sites excluding steroid dienone is 4. The van der Waals surface area contributed by atoms with Crippen LogP contribution in [0.4, 0.5) is 0 Å². The minimum atomic E-state index is -0.564. The quantitative estimate of drug-likeness (QED) is 0.177. The molecule has 0 aliphatic heterocycles. The normalized spacial score (nSPS) is 16.8. The van der Waals surface area contributed by atoms with Crippen LogP contribution in [0.25, 0.3) is 66.2 Å². The van der Waals surface area contributed by atoms with Crippen LogP contribution in [0.3, 0.4) is 0 Å². The first-order valence-electron chi connectivity index (χ1n) is 19.6. The zero-order valence-electron chi connectivity index (χ0n) is 30.9. The molecule has 2 aliphatic carbocycles. The molecule has 5 heterocycles. The Hall–Kier alpha value is -7.37. The number of nitrogens with zero attached hydrogens (tertiary/aromatic N) is 5. The molecule has 5 heteroatoms. The molecule has 2 unspecified atom stereocenters. The highest BCUT2D eigenvalue weighted by atomic mass is 15.0. The van der Waals surface area contributed by atoms with Gasteiger partial charge in [-0.15, -0.1) is 0 Å². The molecule has 5 aromatic carbocycles. The molecule has 268 valence electrons. The fourth-order valence-electron chi connectivity index (χ4n) is 10.1. The summed E-state index contributed by atoms with van der Waals surface area (Å²) in [6.07, 6.45) is 14.9. The highest BCUT2D eigenvalue weighted by Crippen LogP contribution is 2.60. The van der Waals surface area contributed by atoms with Gasteiger partial charge in [-0.3, -0.25) is 15.0 Å². The Bertz CT molecular complexity index is 3130. The molecule has 0 fully saturated rings. The highest BCUT2D eigenvalue weighted by Gasteiger charge is 2.55. The lowest BCUT2D eigenvalue weighted by Gasteiger charge is -2.36. The van der Waals surface area contributed by atoms with E-state index in [0.717, 1.165) is 44.7 Å². The molecule has 0 saturated carbocycles. The lowest BCUT2D eigenvalue weighted by Crippen LogP contribution is -2.36. The van der Waals surface area contributed by atoms with E-state index in [4.69, 9.17) is 15.0 Å². The maximum atomic E-state index is 5.08. The molecule has 0 bridgehead atoms. The van der Waals surface area contributed by atoms with E-state index in [1.54, 1.807) is 0 Å². The average Bonchev–Trinajstić information content (AvgIpc) is 3.92. The first-order valence-corrected chi connectivity index (χ1v) is 19.6. The van der Waals surface area contributed by atoms with Crippen LogP contribution in [-0.4, -0.2) is 24.1 Å². The number of benzene rings is 5. The van der Waals surface area contributed by atoms with Crippen molar-refractivity contribution in [3.63, 3.8) is 0 Å². The molecule has 5 nitrogen and oxygen atoms in total. The van der Waals surface area contributed by atoms with E-state index < -0.39 is 5.41 Å². The van der Waals surface area contributed by atoms with Crippen molar-refractivity contribution in [1.29, 1.82) is 0 Å². The van der Waals surface area contributed by atoms with E-state index in [0.29, 0.717) is 0 Å². The Kier molecular flexibility index (Phi) is 6.90. The summed E-state index contributed by atoms with van der Waals surface area (Å²) in [5.41, 5.74) is 14.4. The molecule has 0 amide bonds. The van der Waals surface area contributed by atoms with Gasteiger partial charge < -0.3 is 9.13 Å². The Morgan fingerprint density at radius 2 is 1.02 bits per heavy atom. The summed E-state index contributed by atoms with van der Waals surface area (Å²) < 4.78 is 4.80. The van der Waals surface area contributed by atoms with Crippen LogP contribution in [0.15, 0.2) is 201 Å². The van der Waals surface area contributed by atoms with Gasteiger partial charge in [0.1, 0.15) is 0 Å². The van der Waals surface area contributed by atoms with Gasteiger partial charge in [-0.2, -0.15) is 0 Å². The van der Waals surface area contributed by atoms with Gasteiger partial charge >= 0.3 is 0 Å². The first kappa shape index (κ1) is 31.9. The zero-order chi connectivity index (χ0) is 37.5. The third kappa shape index (κ3) is 4.48. The molecule has 12 rings (SSSR count). The summed E-state index contributed by atoms with van der Waals surface area (Å²) in [4.78, 5) is 14.9. The summed E-state index contributed by atoms with van der Waals surface area (Å²) in [7, 11) is 0. The van der Waals surface area contributed by atoms with E-state index in [9.17, 15) is 0 Å². The van der Waals surface area contributed by atoms with Gasteiger partial charge in [0, 0.05) is 58.0 Å². The summed E-state index contributed by atoms with van der Waals surface area (Å²) in [5.74, 6) is 0.229. The fourth-order valence-corrected chi connectivity index (χ4v) is 10.1. The standard InChI is InChI=1S/C52H35N5/c1-4-15-42-40(13-1)49-43(52(42,47-19-7-9-31-53-47)48-20-8-10-32-54-48)30-29-39-38-12-2-5-16-44(38)57(51(39)49)37-27-23-35(24-28-37)34-21-25-36(26-22-34)56-45-17-6-3-14-41(45)50-46(56)18-11-33-55-50/h1-33,40,42H. The van der Waals surface area contributed by atoms with E-state index in [1.807, 2.05) is 36.8 Å². The minimum absolute atomic E-state index is 0.100. The summed E-state index contributed by atoms with van der Waals surface area (Å²) in [6.45, 7) is 0. The maximum absolute atomic E-state index is 5.08. The molecule has 5 aromatic heterocycles. The van der Waals surface area contributed by atoms with Crippen LogP contribution in [0.2, 0.25) is 0 Å². The molecule has 57 heavy (non-hydrogen) atoms. The SMILES string of the molecule is C1=CC2c3c(ccc4c5ccccc5n(-c5ccc(-c6ccc(-n7c8ccccc8c8ncccc87)cc6)cc5)c34)C(c3ccccn3)(c3ccccn3)C2C=C1. The van der Waals surface area contributed by atoms with Crippen LogP contribution >= 0.6 is 0 Å². The van der Waals surface area contributed by atoms with Gasteiger partial charge in [0.25, 0.3) is 0 Å². The second-order valence-electron chi connectivity index (χ2n) is 15.2. The van der Waals surface area contributed by atoms with Crippen molar-refractivity contribution in [3.8, 4) is 22.5 Å². The van der Waals surface area contributed by atoms with Crippen LogP contribution in [0.1, 0.15) is 28.4 Å². The van der Waals surface area contributed by atoms with Crippen molar-refractivity contribution in [2.45, 2.75) is 11.3 Å². The number of para-hydroxylation sites is 2. The molecular formula is C52H35N5. The largest absolute Gasteiger partial charge is 0.309 e. The Labute approximate surface area is 329 Å². The average molecular weight is 730 g/mol. The fraction of sp³-hybridized carbons (Fsp3) is 0.0577.